The van der Waals surface area contributed by atoms with Crippen molar-refractivity contribution in [2.24, 2.45) is 5.92 Å². The molecule has 1 aromatic heterocycles. The zero-order valence-electron chi connectivity index (χ0n) is 13.4. The van der Waals surface area contributed by atoms with E-state index >= 15 is 0 Å². The minimum absolute atomic E-state index is 0.136. The Labute approximate surface area is 150 Å². The fraction of sp³-hybridized carbons (Fsp3) is 0.294. The normalized spacial score (nSPS) is 16.3. The predicted molar refractivity (Wildman–Crippen MR) is 95.6 cm³/mol. The highest BCUT2D eigenvalue weighted by Crippen LogP contribution is 2.27. The van der Waals surface area contributed by atoms with Crippen LogP contribution in [-0.2, 0) is 14.8 Å². The topological polar surface area (TPSA) is 90.3 Å². The predicted octanol–water partition coefficient (Wildman–Crippen LogP) is 2.66. The van der Waals surface area contributed by atoms with Gasteiger partial charge in [-0.05, 0) is 42.5 Å². The Balaban J connectivity index is 1.60. The number of piperidine rings is 1. The number of anilines is 1. The van der Waals surface area contributed by atoms with Gasteiger partial charge in [0.1, 0.15) is 4.21 Å². The molecule has 8 heteroatoms. The summed E-state index contributed by atoms with van der Waals surface area (Å²) in [4.78, 5) is 12.4. The van der Waals surface area contributed by atoms with E-state index in [0.29, 0.717) is 41.4 Å². The molecule has 1 fully saturated rings. The Bertz CT molecular complexity index is 893. The molecule has 1 aromatic carbocycles. The Morgan fingerprint density at radius 3 is 2.64 bits per heavy atom. The van der Waals surface area contributed by atoms with Crippen molar-refractivity contribution in [1.82, 2.24) is 4.31 Å². The van der Waals surface area contributed by atoms with E-state index in [1.165, 1.54) is 15.6 Å². The van der Waals surface area contributed by atoms with Gasteiger partial charge in [0, 0.05) is 24.7 Å². The molecule has 0 saturated carbocycles. The van der Waals surface area contributed by atoms with Gasteiger partial charge in [-0.2, -0.15) is 9.57 Å². The first-order valence-corrected chi connectivity index (χ1v) is 10.2. The van der Waals surface area contributed by atoms with Gasteiger partial charge < -0.3 is 5.32 Å². The number of carbonyl (C=O) groups excluding carboxylic acids is 1. The molecule has 1 aliphatic rings. The zero-order chi connectivity index (χ0) is 17.9. The molecule has 1 aliphatic heterocycles. The lowest BCUT2D eigenvalue weighted by atomic mass is 9.97. The molecule has 0 bridgehead atoms. The van der Waals surface area contributed by atoms with Crippen molar-refractivity contribution in [3.05, 3.63) is 47.3 Å². The molecule has 1 N–H and O–H groups in total. The molecule has 0 radical (unpaired) electrons. The number of sulfonamides is 1. The number of amides is 1. The van der Waals surface area contributed by atoms with E-state index in [1.54, 1.807) is 41.8 Å². The van der Waals surface area contributed by atoms with Crippen molar-refractivity contribution >= 4 is 33.0 Å². The van der Waals surface area contributed by atoms with Crippen molar-refractivity contribution < 1.29 is 13.2 Å². The van der Waals surface area contributed by atoms with Crippen LogP contribution >= 0.6 is 11.3 Å². The summed E-state index contributed by atoms with van der Waals surface area (Å²) in [6, 6.07) is 12.1. The Morgan fingerprint density at radius 1 is 1.24 bits per heavy atom. The first-order chi connectivity index (χ1) is 12.0. The number of nitriles is 1. The number of benzene rings is 1. The SMILES string of the molecule is N#Cc1cccc(NC(=O)C2CCN(S(=O)(=O)c3cccs3)CC2)c1. The van der Waals surface area contributed by atoms with Crippen LogP contribution in [0.15, 0.2) is 46.0 Å². The van der Waals surface area contributed by atoms with E-state index in [4.69, 9.17) is 5.26 Å². The maximum Gasteiger partial charge on any atom is 0.252 e. The van der Waals surface area contributed by atoms with Crippen LogP contribution in [0.3, 0.4) is 0 Å². The van der Waals surface area contributed by atoms with Crippen LogP contribution in [0.4, 0.5) is 5.69 Å². The molecular weight excluding hydrogens is 358 g/mol. The molecule has 2 heterocycles. The third-order valence-corrected chi connectivity index (χ3v) is 7.44. The van der Waals surface area contributed by atoms with Gasteiger partial charge in [-0.3, -0.25) is 4.79 Å². The summed E-state index contributed by atoms with van der Waals surface area (Å²) in [6.45, 7) is 0.660. The zero-order valence-corrected chi connectivity index (χ0v) is 15.0. The lowest BCUT2D eigenvalue weighted by Gasteiger charge is -2.30. The minimum atomic E-state index is -3.45. The molecule has 3 rings (SSSR count). The van der Waals surface area contributed by atoms with Crippen molar-refractivity contribution in [3.8, 4) is 6.07 Å². The maximum absolute atomic E-state index is 12.5. The summed E-state index contributed by atoms with van der Waals surface area (Å²) in [5, 5.41) is 13.5. The van der Waals surface area contributed by atoms with Gasteiger partial charge in [0.2, 0.25) is 5.91 Å². The number of nitrogens with zero attached hydrogens (tertiary/aromatic N) is 2. The standard InChI is InChI=1S/C17H17N3O3S2/c18-12-13-3-1-4-15(11-13)19-17(21)14-6-8-20(9-7-14)25(22,23)16-5-2-10-24-16/h1-5,10-11,14H,6-9H2,(H,19,21). The summed E-state index contributed by atoms with van der Waals surface area (Å²) in [5.74, 6) is -0.371. The first kappa shape index (κ1) is 17.6. The number of hydrogen-bond donors (Lipinski definition) is 1. The van der Waals surface area contributed by atoms with Crippen molar-refractivity contribution in [2.45, 2.75) is 17.1 Å². The van der Waals surface area contributed by atoms with Crippen LogP contribution < -0.4 is 5.32 Å². The van der Waals surface area contributed by atoms with Crippen molar-refractivity contribution in [3.63, 3.8) is 0 Å². The van der Waals surface area contributed by atoms with Crippen LogP contribution in [0, 0.1) is 17.2 Å². The highest BCUT2D eigenvalue weighted by atomic mass is 32.2. The van der Waals surface area contributed by atoms with Crippen molar-refractivity contribution in [2.75, 3.05) is 18.4 Å². The summed E-state index contributed by atoms with van der Waals surface area (Å²) < 4.78 is 26.8. The number of hydrogen-bond acceptors (Lipinski definition) is 5. The molecule has 0 unspecified atom stereocenters. The first-order valence-electron chi connectivity index (χ1n) is 7.85. The van der Waals surface area contributed by atoms with Crippen LogP contribution in [0.2, 0.25) is 0 Å². The number of thiophene rings is 1. The summed E-state index contributed by atoms with van der Waals surface area (Å²) in [5.41, 5.74) is 1.06. The van der Waals surface area contributed by atoms with E-state index < -0.39 is 10.0 Å². The van der Waals surface area contributed by atoms with Gasteiger partial charge in [0.05, 0.1) is 11.6 Å². The van der Waals surface area contributed by atoms with Crippen LogP contribution in [0.25, 0.3) is 0 Å². The summed E-state index contributed by atoms with van der Waals surface area (Å²) in [7, 11) is -3.45. The van der Waals surface area contributed by atoms with Gasteiger partial charge in [0.15, 0.2) is 0 Å². The van der Waals surface area contributed by atoms with E-state index in [2.05, 4.69) is 5.32 Å². The van der Waals surface area contributed by atoms with Crippen LogP contribution in [-0.4, -0.2) is 31.7 Å². The molecule has 0 spiro atoms. The van der Waals surface area contributed by atoms with Crippen LogP contribution in [0.5, 0.6) is 0 Å². The molecule has 0 aliphatic carbocycles. The molecule has 6 nitrogen and oxygen atoms in total. The molecule has 25 heavy (non-hydrogen) atoms. The van der Waals surface area contributed by atoms with E-state index in [0.717, 1.165) is 0 Å². The second-order valence-electron chi connectivity index (χ2n) is 5.79. The van der Waals surface area contributed by atoms with Gasteiger partial charge in [-0.15, -0.1) is 11.3 Å². The molecule has 1 amide bonds. The van der Waals surface area contributed by atoms with Crippen molar-refractivity contribution in [1.29, 1.82) is 5.26 Å². The third-order valence-electron chi connectivity index (χ3n) is 4.17. The Morgan fingerprint density at radius 2 is 2.00 bits per heavy atom. The second-order valence-corrected chi connectivity index (χ2v) is 8.90. The van der Waals surface area contributed by atoms with E-state index in [1.807, 2.05) is 6.07 Å². The molecule has 1 saturated heterocycles. The molecule has 130 valence electrons. The Kier molecular flexibility index (Phi) is 5.18. The lowest BCUT2D eigenvalue weighted by molar-refractivity contribution is -0.120. The molecular formula is C17H17N3O3S2. The number of nitrogens with one attached hydrogen (secondary N) is 1. The van der Waals surface area contributed by atoms with Gasteiger partial charge >= 0.3 is 0 Å². The second kappa shape index (κ2) is 7.35. The highest BCUT2D eigenvalue weighted by molar-refractivity contribution is 7.91. The van der Waals surface area contributed by atoms with E-state index in [9.17, 15) is 13.2 Å². The quantitative estimate of drug-likeness (QED) is 0.889. The Hall–Kier alpha value is -2.21. The molecule has 0 atom stereocenters. The minimum Gasteiger partial charge on any atom is -0.326 e. The largest absolute Gasteiger partial charge is 0.326 e. The maximum atomic E-state index is 12.5. The monoisotopic (exact) mass is 375 g/mol. The lowest BCUT2D eigenvalue weighted by Crippen LogP contribution is -2.41. The summed E-state index contributed by atoms with van der Waals surface area (Å²) >= 11 is 1.20. The van der Waals surface area contributed by atoms with Gasteiger partial charge in [-0.1, -0.05) is 12.1 Å². The fourth-order valence-electron chi connectivity index (χ4n) is 2.81. The van der Waals surface area contributed by atoms with Gasteiger partial charge in [0.25, 0.3) is 10.0 Å². The average molecular weight is 375 g/mol. The van der Waals surface area contributed by atoms with E-state index in [-0.39, 0.29) is 11.8 Å². The number of rotatable bonds is 4. The van der Waals surface area contributed by atoms with Gasteiger partial charge in [-0.25, -0.2) is 8.42 Å². The summed E-state index contributed by atoms with van der Waals surface area (Å²) in [6.07, 6.45) is 0.961. The fourth-order valence-corrected chi connectivity index (χ4v) is 5.42. The highest BCUT2D eigenvalue weighted by Gasteiger charge is 2.32. The third kappa shape index (κ3) is 3.90. The number of carbonyl (C=O) groups is 1. The van der Waals surface area contributed by atoms with Crippen LogP contribution in [0.1, 0.15) is 18.4 Å². The smallest absolute Gasteiger partial charge is 0.252 e. The average Bonchev–Trinajstić information content (AvgIpc) is 3.17. The molecule has 2 aromatic rings.